The van der Waals surface area contributed by atoms with Gasteiger partial charge in [-0.3, -0.25) is 4.79 Å². The van der Waals surface area contributed by atoms with Crippen molar-refractivity contribution in [3.05, 3.63) is 23.8 Å². The third kappa shape index (κ3) is 4.30. The van der Waals surface area contributed by atoms with E-state index in [1.807, 2.05) is 0 Å². The van der Waals surface area contributed by atoms with Crippen LogP contribution in [0.15, 0.2) is 18.2 Å². The van der Waals surface area contributed by atoms with Gasteiger partial charge in [-0.25, -0.2) is 0 Å². The molecule has 1 amide bonds. The van der Waals surface area contributed by atoms with E-state index in [4.69, 9.17) is 21.1 Å². The van der Waals surface area contributed by atoms with Crippen LogP contribution in [0.4, 0.5) is 0 Å². The van der Waals surface area contributed by atoms with Gasteiger partial charge in [-0.05, 0) is 24.6 Å². The fraction of sp³-hybridized carbons (Fsp3) is 0.533. The first-order valence-corrected chi connectivity index (χ1v) is 7.28. The molecular formula is C15H22ClNO3. The largest absolute Gasteiger partial charge is 0.497 e. The number of nitrogens with zero attached hydrogens (tertiary/aromatic N) is 1. The standard InChI is InChI=1S/C15H22ClNO3/c1-4-5-9-17(10-8-16)15(18)13-11-12(19-2)6-7-14(13)20-3/h6-7,11H,4-5,8-10H2,1-3H3. The van der Waals surface area contributed by atoms with E-state index in [0.717, 1.165) is 12.8 Å². The first kappa shape index (κ1) is 16.6. The number of carbonyl (C=O) groups excluding carboxylic acids is 1. The van der Waals surface area contributed by atoms with E-state index in [1.54, 1.807) is 37.3 Å². The molecule has 0 atom stereocenters. The van der Waals surface area contributed by atoms with Gasteiger partial charge in [0, 0.05) is 19.0 Å². The topological polar surface area (TPSA) is 38.8 Å². The predicted molar refractivity (Wildman–Crippen MR) is 81.1 cm³/mol. The number of ether oxygens (including phenoxy) is 2. The van der Waals surface area contributed by atoms with Gasteiger partial charge in [-0.1, -0.05) is 13.3 Å². The van der Waals surface area contributed by atoms with Crippen molar-refractivity contribution in [2.75, 3.05) is 33.2 Å². The van der Waals surface area contributed by atoms with E-state index in [9.17, 15) is 4.79 Å². The van der Waals surface area contributed by atoms with Gasteiger partial charge >= 0.3 is 0 Å². The van der Waals surface area contributed by atoms with Crippen molar-refractivity contribution in [1.82, 2.24) is 4.90 Å². The molecule has 0 aromatic heterocycles. The van der Waals surface area contributed by atoms with Crippen LogP contribution in [0.25, 0.3) is 0 Å². The summed E-state index contributed by atoms with van der Waals surface area (Å²) in [6.07, 6.45) is 1.98. The van der Waals surface area contributed by atoms with Crippen molar-refractivity contribution in [1.29, 1.82) is 0 Å². The Morgan fingerprint density at radius 2 is 2.00 bits per heavy atom. The van der Waals surface area contributed by atoms with Crippen LogP contribution >= 0.6 is 11.6 Å². The second kappa shape index (κ2) is 8.69. The van der Waals surface area contributed by atoms with E-state index in [1.165, 1.54) is 0 Å². The average molecular weight is 300 g/mol. The summed E-state index contributed by atoms with van der Waals surface area (Å²) < 4.78 is 10.4. The number of methoxy groups -OCH3 is 2. The summed E-state index contributed by atoms with van der Waals surface area (Å²) in [6, 6.07) is 5.21. The molecule has 1 rings (SSSR count). The Morgan fingerprint density at radius 3 is 2.55 bits per heavy atom. The summed E-state index contributed by atoms with van der Waals surface area (Å²) >= 11 is 5.79. The Labute approximate surface area is 125 Å². The van der Waals surface area contributed by atoms with Gasteiger partial charge in [-0.15, -0.1) is 11.6 Å². The quantitative estimate of drug-likeness (QED) is 0.692. The molecule has 0 saturated heterocycles. The number of hydrogen-bond donors (Lipinski definition) is 0. The molecule has 4 nitrogen and oxygen atoms in total. The minimum atomic E-state index is -0.0742. The third-order valence-corrected chi connectivity index (χ3v) is 3.23. The zero-order valence-corrected chi connectivity index (χ0v) is 13.1. The molecule has 0 aliphatic rings. The molecule has 1 aromatic rings. The zero-order chi connectivity index (χ0) is 15.0. The molecule has 0 spiro atoms. The molecule has 1 aromatic carbocycles. The number of unbranched alkanes of at least 4 members (excludes halogenated alkanes) is 1. The highest BCUT2D eigenvalue weighted by Crippen LogP contribution is 2.25. The first-order chi connectivity index (χ1) is 9.67. The maximum atomic E-state index is 12.6. The SMILES string of the molecule is CCCCN(CCCl)C(=O)c1cc(OC)ccc1OC. The van der Waals surface area contributed by atoms with E-state index >= 15 is 0 Å². The molecule has 0 aliphatic heterocycles. The van der Waals surface area contributed by atoms with Gasteiger partial charge in [0.1, 0.15) is 11.5 Å². The molecule has 0 fully saturated rings. The molecule has 0 unspecified atom stereocenters. The maximum absolute atomic E-state index is 12.6. The highest BCUT2D eigenvalue weighted by atomic mass is 35.5. The lowest BCUT2D eigenvalue weighted by atomic mass is 10.1. The highest BCUT2D eigenvalue weighted by Gasteiger charge is 2.19. The van der Waals surface area contributed by atoms with Crippen LogP contribution in [0.1, 0.15) is 30.1 Å². The van der Waals surface area contributed by atoms with Crippen molar-refractivity contribution in [2.24, 2.45) is 0 Å². The maximum Gasteiger partial charge on any atom is 0.257 e. The highest BCUT2D eigenvalue weighted by molar-refractivity contribution is 6.18. The van der Waals surface area contributed by atoms with E-state index in [2.05, 4.69) is 6.92 Å². The summed E-state index contributed by atoms with van der Waals surface area (Å²) in [5, 5.41) is 0. The molecule has 0 bridgehead atoms. The minimum absolute atomic E-state index is 0.0742. The zero-order valence-electron chi connectivity index (χ0n) is 12.3. The van der Waals surface area contributed by atoms with Gasteiger partial charge in [-0.2, -0.15) is 0 Å². The Balaban J connectivity index is 3.02. The number of hydrogen-bond acceptors (Lipinski definition) is 3. The average Bonchev–Trinajstić information content (AvgIpc) is 2.50. The molecule has 0 N–H and O–H groups in total. The monoisotopic (exact) mass is 299 g/mol. The van der Waals surface area contributed by atoms with Crippen LogP contribution in [0.3, 0.4) is 0 Å². The number of benzene rings is 1. The molecule has 0 heterocycles. The molecule has 0 saturated carbocycles. The number of alkyl halides is 1. The second-order valence-electron chi connectivity index (χ2n) is 4.40. The lowest BCUT2D eigenvalue weighted by molar-refractivity contribution is 0.0759. The van der Waals surface area contributed by atoms with E-state index in [0.29, 0.717) is 36.0 Å². The van der Waals surface area contributed by atoms with Crippen LogP contribution in [-0.4, -0.2) is 44.0 Å². The fourth-order valence-electron chi connectivity index (χ4n) is 1.92. The lowest BCUT2D eigenvalue weighted by Crippen LogP contribution is -2.34. The summed E-state index contributed by atoms with van der Waals surface area (Å²) in [4.78, 5) is 14.4. The van der Waals surface area contributed by atoms with Gasteiger partial charge in [0.15, 0.2) is 0 Å². The minimum Gasteiger partial charge on any atom is -0.497 e. The number of carbonyl (C=O) groups is 1. The molecule has 0 aliphatic carbocycles. The van der Waals surface area contributed by atoms with Crippen molar-refractivity contribution in [3.8, 4) is 11.5 Å². The van der Waals surface area contributed by atoms with Crippen LogP contribution < -0.4 is 9.47 Å². The summed E-state index contributed by atoms with van der Waals surface area (Å²) in [7, 11) is 3.13. The summed E-state index contributed by atoms with van der Waals surface area (Å²) in [5.41, 5.74) is 0.507. The molecule has 20 heavy (non-hydrogen) atoms. The Morgan fingerprint density at radius 1 is 1.25 bits per heavy atom. The van der Waals surface area contributed by atoms with Gasteiger partial charge in [0.2, 0.25) is 0 Å². The fourth-order valence-corrected chi connectivity index (χ4v) is 2.12. The Hall–Kier alpha value is -1.42. The molecule has 0 radical (unpaired) electrons. The molecular weight excluding hydrogens is 278 g/mol. The van der Waals surface area contributed by atoms with E-state index in [-0.39, 0.29) is 5.91 Å². The van der Waals surface area contributed by atoms with Crippen LogP contribution in [0.5, 0.6) is 11.5 Å². The van der Waals surface area contributed by atoms with Crippen molar-refractivity contribution >= 4 is 17.5 Å². The Kier molecular flexibility index (Phi) is 7.23. The molecule has 112 valence electrons. The van der Waals surface area contributed by atoms with Crippen molar-refractivity contribution < 1.29 is 14.3 Å². The molecule has 5 heteroatoms. The predicted octanol–water partition coefficient (Wildman–Crippen LogP) is 3.18. The van der Waals surface area contributed by atoms with Crippen LogP contribution in [-0.2, 0) is 0 Å². The van der Waals surface area contributed by atoms with Crippen LogP contribution in [0.2, 0.25) is 0 Å². The number of rotatable bonds is 8. The van der Waals surface area contributed by atoms with Gasteiger partial charge in [0.05, 0.1) is 19.8 Å². The normalized spacial score (nSPS) is 10.2. The summed E-state index contributed by atoms with van der Waals surface area (Å²) in [6.45, 7) is 3.32. The smallest absolute Gasteiger partial charge is 0.257 e. The lowest BCUT2D eigenvalue weighted by Gasteiger charge is -2.22. The first-order valence-electron chi connectivity index (χ1n) is 6.75. The van der Waals surface area contributed by atoms with Crippen LogP contribution in [0, 0.1) is 0 Å². The Bertz CT molecular complexity index is 437. The van der Waals surface area contributed by atoms with Gasteiger partial charge < -0.3 is 14.4 Å². The summed E-state index contributed by atoms with van der Waals surface area (Å²) in [5.74, 6) is 1.53. The van der Waals surface area contributed by atoms with Crippen molar-refractivity contribution in [3.63, 3.8) is 0 Å². The van der Waals surface area contributed by atoms with E-state index < -0.39 is 0 Å². The van der Waals surface area contributed by atoms with Gasteiger partial charge in [0.25, 0.3) is 5.91 Å². The van der Waals surface area contributed by atoms with Crippen molar-refractivity contribution in [2.45, 2.75) is 19.8 Å². The second-order valence-corrected chi connectivity index (χ2v) is 4.78. The number of halogens is 1. The third-order valence-electron chi connectivity index (χ3n) is 3.06. The number of amides is 1.